The summed E-state index contributed by atoms with van der Waals surface area (Å²) in [4.78, 5) is 13.3. The zero-order valence-corrected chi connectivity index (χ0v) is 9.87. The molecule has 1 N–H and O–H groups in total. The maximum Gasteiger partial charge on any atom is 0.410 e. The van der Waals surface area contributed by atoms with Crippen LogP contribution < -0.4 is 0 Å². The molecule has 4 heteroatoms. The Labute approximate surface area is 101 Å². The zero-order chi connectivity index (χ0) is 12.3. The molecule has 1 aliphatic rings. The fraction of sp³-hybridized carbons (Fsp3) is 0.462. The van der Waals surface area contributed by atoms with Crippen molar-refractivity contribution in [2.75, 3.05) is 6.54 Å². The molecule has 1 aromatic rings. The number of rotatable bonds is 2. The monoisotopic (exact) mass is 235 g/mol. The van der Waals surface area contributed by atoms with Gasteiger partial charge in [0.2, 0.25) is 0 Å². The zero-order valence-electron chi connectivity index (χ0n) is 9.87. The maximum absolute atomic E-state index is 11.8. The van der Waals surface area contributed by atoms with Gasteiger partial charge >= 0.3 is 6.09 Å². The lowest BCUT2D eigenvalue weighted by molar-refractivity contribution is 0.0768. The molecule has 0 bridgehead atoms. The van der Waals surface area contributed by atoms with Gasteiger partial charge in [-0.2, -0.15) is 0 Å². The van der Waals surface area contributed by atoms with E-state index in [4.69, 9.17) is 4.74 Å². The van der Waals surface area contributed by atoms with E-state index in [2.05, 4.69) is 0 Å². The molecule has 1 saturated heterocycles. The highest BCUT2D eigenvalue weighted by Crippen LogP contribution is 2.18. The van der Waals surface area contributed by atoms with Gasteiger partial charge in [0.15, 0.2) is 0 Å². The second-order valence-corrected chi connectivity index (χ2v) is 4.33. The van der Waals surface area contributed by atoms with Crippen LogP contribution in [0.3, 0.4) is 0 Å². The van der Waals surface area contributed by atoms with Crippen LogP contribution in [0, 0.1) is 0 Å². The Kier molecular flexibility index (Phi) is 3.64. The van der Waals surface area contributed by atoms with Crippen LogP contribution in [0.25, 0.3) is 0 Å². The molecule has 1 aliphatic heterocycles. The van der Waals surface area contributed by atoms with Crippen molar-refractivity contribution >= 4 is 6.09 Å². The molecule has 0 unspecified atom stereocenters. The number of hydrogen-bond acceptors (Lipinski definition) is 3. The molecular weight excluding hydrogens is 218 g/mol. The second-order valence-electron chi connectivity index (χ2n) is 4.33. The minimum atomic E-state index is -0.431. The van der Waals surface area contributed by atoms with Crippen molar-refractivity contribution in [2.24, 2.45) is 0 Å². The Balaban J connectivity index is 1.86. The first-order valence-corrected chi connectivity index (χ1v) is 5.84. The van der Waals surface area contributed by atoms with Crippen molar-refractivity contribution in [3.05, 3.63) is 35.9 Å². The summed E-state index contributed by atoms with van der Waals surface area (Å²) in [6, 6.07) is 9.41. The number of amides is 1. The molecule has 2 rings (SSSR count). The van der Waals surface area contributed by atoms with Crippen molar-refractivity contribution in [2.45, 2.75) is 32.1 Å². The lowest BCUT2D eigenvalue weighted by Crippen LogP contribution is -2.37. The first-order chi connectivity index (χ1) is 8.18. The van der Waals surface area contributed by atoms with Gasteiger partial charge < -0.3 is 14.7 Å². The van der Waals surface area contributed by atoms with Gasteiger partial charge in [0.05, 0.1) is 12.1 Å². The summed E-state index contributed by atoms with van der Waals surface area (Å²) >= 11 is 0. The summed E-state index contributed by atoms with van der Waals surface area (Å²) in [7, 11) is 0. The number of carbonyl (C=O) groups is 1. The predicted octanol–water partition coefficient (Wildman–Crippen LogP) is 1.78. The molecule has 4 nitrogen and oxygen atoms in total. The molecule has 1 fully saturated rings. The largest absolute Gasteiger partial charge is 0.445 e. The van der Waals surface area contributed by atoms with Crippen LogP contribution in [0.1, 0.15) is 18.9 Å². The average Bonchev–Trinajstić information content (AvgIpc) is 2.69. The van der Waals surface area contributed by atoms with Gasteiger partial charge in [-0.15, -0.1) is 0 Å². The number of carbonyl (C=O) groups excluding carboxylic acids is 1. The molecule has 2 atom stereocenters. The van der Waals surface area contributed by atoms with Gasteiger partial charge in [-0.05, 0) is 18.9 Å². The number of aliphatic hydroxyl groups is 1. The molecular formula is C13H17NO3. The predicted molar refractivity (Wildman–Crippen MR) is 63.4 cm³/mol. The van der Waals surface area contributed by atoms with Crippen LogP contribution >= 0.6 is 0 Å². The first-order valence-electron chi connectivity index (χ1n) is 5.84. The van der Waals surface area contributed by atoms with Gasteiger partial charge in [-0.1, -0.05) is 30.3 Å². The van der Waals surface area contributed by atoms with Crippen molar-refractivity contribution in [1.82, 2.24) is 4.90 Å². The van der Waals surface area contributed by atoms with E-state index in [1.807, 2.05) is 37.3 Å². The van der Waals surface area contributed by atoms with Gasteiger partial charge in [-0.3, -0.25) is 0 Å². The SMILES string of the molecule is C[C@@H]1[C@@H](O)CCN1C(=O)OCc1ccccc1. The summed E-state index contributed by atoms with van der Waals surface area (Å²) in [5.41, 5.74) is 0.966. The Bertz CT molecular complexity index is 380. The smallest absolute Gasteiger partial charge is 0.410 e. The Morgan fingerprint density at radius 1 is 1.47 bits per heavy atom. The summed E-state index contributed by atoms with van der Waals surface area (Å²) in [5.74, 6) is 0. The van der Waals surface area contributed by atoms with Crippen molar-refractivity contribution < 1.29 is 14.6 Å². The quantitative estimate of drug-likeness (QED) is 0.850. The molecule has 17 heavy (non-hydrogen) atoms. The second kappa shape index (κ2) is 5.19. The van der Waals surface area contributed by atoms with E-state index >= 15 is 0 Å². The third-order valence-electron chi connectivity index (χ3n) is 3.15. The number of nitrogens with zero attached hydrogens (tertiary/aromatic N) is 1. The number of aliphatic hydroxyl groups excluding tert-OH is 1. The fourth-order valence-electron chi connectivity index (χ4n) is 1.98. The number of benzene rings is 1. The number of hydrogen-bond donors (Lipinski definition) is 1. The summed E-state index contributed by atoms with van der Waals surface area (Å²) in [5, 5.41) is 9.55. The van der Waals surface area contributed by atoms with Crippen molar-refractivity contribution in [3.8, 4) is 0 Å². The lowest BCUT2D eigenvalue weighted by Gasteiger charge is -2.21. The van der Waals surface area contributed by atoms with E-state index in [1.165, 1.54) is 0 Å². The first kappa shape index (κ1) is 11.9. The van der Waals surface area contributed by atoms with Crippen LogP contribution in [0.15, 0.2) is 30.3 Å². The third-order valence-corrected chi connectivity index (χ3v) is 3.15. The standard InChI is InChI=1S/C13H17NO3/c1-10-12(15)7-8-14(10)13(16)17-9-11-5-3-2-4-6-11/h2-6,10,12,15H,7-9H2,1H3/t10-,12+/m1/s1. The Morgan fingerprint density at radius 3 is 2.76 bits per heavy atom. The minimum Gasteiger partial charge on any atom is -0.445 e. The molecule has 0 aromatic heterocycles. The number of ether oxygens (including phenoxy) is 1. The molecule has 0 radical (unpaired) electrons. The maximum atomic E-state index is 11.8. The summed E-state index contributed by atoms with van der Waals surface area (Å²) < 4.78 is 5.21. The van der Waals surface area contributed by atoms with E-state index in [-0.39, 0.29) is 18.7 Å². The molecule has 0 saturated carbocycles. The summed E-state index contributed by atoms with van der Waals surface area (Å²) in [6.07, 6.45) is -0.154. The molecule has 1 heterocycles. The molecule has 92 valence electrons. The van der Waals surface area contributed by atoms with Crippen LogP contribution in [0.5, 0.6) is 0 Å². The van der Waals surface area contributed by atoms with Crippen LogP contribution in [-0.2, 0) is 11.3 Å². The molecule has 1 aromatic carbocycles. The van der Waals surface area contributed by atoms with E-state index in [1.54, 1.807) is 4.90 Å². The minimum absolute atomic E-state index is 0.154. The Morgan fingerprint density at radius 2 is 2.18 bits per heavy atom. The average molecular weight is 235 g/mol. The third kappa shape index (κ3) is 2.77. The highest BCUT2D eigenvalue weighted by Gasteiger charge is 2.33. The molecule has 1 amide bonds. The Hall–Kier alpha value is -1.55. The van der Waals surface area contributed by atoms with Crippen LogP contribution in [-0.4, -0.2) is 34.8 Å². The summed E-state index contributed by atoms with van der Waals surface area (Å²) in [6.45, 7) is 2.68. The highest BCUT2D eigenvalue weighted by molar-refractivity contribution is 5.68. The lowest BCUT2D eigenvalue weighted by atomic mass is 10.2. The van der Waals surface area contributed by atoms with E-state index in [0.29, 0.717) is 13.0 Å². The molecule has 0 aliphatic carbocycles. The fourth-order valence-corrected chi connectivity index (χ4v) is 1.98. The highest BCUT2D eigenvalue weighted by atomic mass is 16.6. The van der Waals surface area contributed by atoms with Crippen molar-refractivity contribution in [3.63, 3.8) is 0 Å². The normalized spacial score (nSPS) is 23.8. The van der Waals surface area contributed by atoms with Gasteiger partial charge in [-0.25, -0.2) is 4.79 Å². The van der Waals surface area contributed by atoms with E-state index in [0.717, 1.165) is 5.56 Å². The van der Waals surface area contributed by atoms with Gasteiger partial charge in [0.25, 0.3) is 0 Å². The van der Waals surface area contributed by atoms with Gasteiger partial charge in [0, 0.05) is 6.54 Å². The number of likely N-dealkylation sites (tertiary alicyclic amines) is 1. The topological polar surface area (TPSA) is 49.8 Å². The van der Waals surface area contributed by atoms with Crippen LogP contribution in [0.2, 0.25) is 0 Å². The van der Waals surface area contributed by atoms with E-state index < -0.39 is 6.10 Å². The van der Waals surface area contributed by atoms with Crippen molar-refractivity contribution in [1.29, 1.82) is 0 Å². The van der Waals surface area contributed by atoms with Crippen LogP contribution in [0.4, 0.5) is 4.79 Å². The van der Waals surface area contributed by atoms with E-state index in [9.17, 15) is 9.90 Å². The van der Waals surface area contributed by atoms with Gasteiger partial charge in [0.1, 0.15) is 6.61 Å². The molecule has 0 spiro atoms.